The fraction of sp³-hybridized carbons (Fsp3) is 0.560. The molecular formula is C25H31F3N6O2. The van der Waals surface area contributed by atoms with Crippen molar-refractivity contribution >= 4 is 17.6 Å². The van der Waals surface area contributed by atoms with E-state index in [0.29, 0.717) is 42.7 Å². The Kier molecular flexibility index (Phi) is 6.44. The van der Waals surface area contributed by atoms with Crippen LogP contribution in [-0.2, 0) is 12.7 Å². The third-order valence-electron chi connectivity index (χ3n) is 7.89. The molecule has 0 spiro atoms. The van der Waals surface area contributed by atoms with Crippen molar-refractivity contribution in [1.82, 2.24) is 19.6 Å². The summed E-state index contributed by atoms with van der Waals surface area (Å²) in [4.78, 5) is 30.0. The van der Waals surface area contributed by atoms with Gasteiger partial charge < -0.3 is 15.5 Å². The van der Waals surface area contributed by atoms with E-state index in [0.717, 1.165) is 43.5 Å². The number of primary amides is 1. The lowest BCUT2D eigenvalue weighted by atomic mass is 10.0. The van der Waals surface area contributed by atoms with E-state index in [2.05, 4.69) is 10.00 Å². The topological polar surface area (TPSA) is 87.7 Å². The highest BCUT2D eigenvalue weighted by Gasteiger charge is 2.44. The predicted molar refractivity (Wildman–Crippen MR) is 127 cm³/mol. The lowest BCUT2D eigenvalue weighted by Gasteiger charge is -2.28. The highest BCUT2D eigenvalue weighted by Crippen LogP contribution is 2.41. The maximum absolute atomic E-state index is 13.6. The number of amides is 2. The van der Waals surface area contributed by atoms with Crippen LogP contribution in [0.1, 0.15) is 47.2 Å². The molecule has 194 valence electrons. The van der Waals surface area contributed by atoms with Crippen molar-refractivity contribution in [3.05, 3.63) is 47.3 Å². The van der Waals surface area contributed by atoms with Crippen LogP contribution in [0.5, 0.6) is 0 Å². The third kappa shape index (κ3) is 4.93. The van der Waals surface area contributed by atoms with Gasteiger partial charge in [-0.05, 0) is 68.3 Å². The molecule has 0 unspecified atom stereocenters. The Bertz CT molecular complexity index is 1130. The number of anilines is 1. The van der Waals surface area contributed by atoms with Crippen molar-refractivity contribution in [2.75, 3.05) is 38.1 Å². The molecule has 3 aliphatic rings. The molecule has 2 aromatic rings. The highest BCUT2D eigenvalue weighted by molar-refractivity contribution is 5.93. The molecule has 5 rings (SSSR count). The summed E-state index contributed by atoms with van der Waals surface area (Å²) in [5.41, 5.74) is 6.17. The molecule has 2 amide bonds. The van der Waals surface area contributed by atoms with E-state index < -0.39 is 17.6 Å². The van der Waals surface area contributed by atoms with E-state index in [9.17, 15) is 22.8 Å². The molecule has 3 heterocycles. The first-order valence-corrected chi connectivity index (χ1v) is 12.4. The zero-order chi connectivity index (χ0) is 25.6. The Morgan fingerprint density at radius 3 is 2.36 bits per heavy atom. The molecule has 3 atom stereocenters. The van der Waals surface area contributed by atoms with Gasteiger partial charge in [-0.15, -0.1) is 0 Å². The van der Waals surface area contributed by atoms with Crippen molar-refractivity contribution in [2.45, 2.75) is 44.4 Å². The summed E-state index contributed by atoms with van der Waals surface area (Å²) < 4.78 is 42.0. The van der Waals surface area contributed by atoms with Gasteiger partial charge in [-0.3, -0.25) is 9.69 Å². The van der Waals surface area contributed by atoms with Crippen molar-refractivity contribution in [3.63, 3.8) is 0 Å². The second-order valence-electron chi connectivity index (χ2n) is 10.4. The molecule has 11 heteroatoms. The average Bonchev–Trinajstić information content (AvgIpc) is 3.61. The molecular weight excluding hydrogens is 473 g/mol. The van der Waals surface area contributed by atoms with E-state index >= 15 is 0 Å². The second kappa shape index (κ2) is 9.42. The molecule has 1 aromatic carbocycles. The Morgan fingerprint density at radius 2 is 1.78 bits per heavy atom. The summed E-state index contributed by atoms with van der Waals surface area (Å²) in [6.45, 7) is 3.23. The fourth-order valence-corrected chi connectivity index (χ4v) is 5.99. The zero-order valence-corrected chi connectivity index (χ0v) is 20.2. The molecule has 8 nitrogen and oxygen atoms in total. The number of nitrogens with two attached hydrogens (primary N) is 1. The molecule has 1 saturated carbocycles. The number of hydrogen-bond donors (Lipinski definition) is 1. The zero-order valence-electron chi connectivity index (χ0n) is 20.2. The summed E-state index contributed by atoms with van der Waals surface area (Å²) in [5, 5.41) is 3.96. The smallest absolute Gasteiger partial charge is 0.372 e. The monoisotopic (exact) mass is 504 g/mol. The molecule has 2 saturated heterocycles. The summed E-state index contributed by atoms with van der Waals surface area (Å²) in [5.74, 6) is 0.0232. The van der Waals surface area contributed by atoms with Gasteiger partial charge in [0.2, 0.25) is 0 Å². The fourth-order valence-electron chi connectivity index (χ4n) is 5.99. The Hall–Kier alpha value is -3.08. The van der Waals surface area contributed by atoms with Crippen LogP contribution in [0.2, 0.25) is 0 Å². The molecule has 3 fully saturated rings. The van der Waals surface area contributed by atoms with Crippen molar-refractivity contribution in [2.24, 2.45) is 17.6 Å². The van der Waals surface area contributed by atoms with Gasteiger partial charge in [0.05, 0.1) is 17.3 Å². The van der Waals surface area contributed by atoms with Crippen LogP contribution >= 0.6 is 0 Å². The number of likely N-dealkylation sites (tertiary alicyclic amines) is 1. The van der Waals surface area contributed by atoms with Crippen molar-refractivity contribution in [3.8, 4) is 0 Å². The number of rotatable bonds is 5. The normalized spacial score (nSPS) is 24.1. The van der Waals surface area contributed by atoms with Crippen LogP contribution < -0.4 is 10.6 Å². The number of halogens is 3. The number of carbonyl (C=O) groups excluding carboxylic acids is 2. The minimum Gasteiger partial charge on any atom is -0.372 e. The van der Waals surface area contributed by atoms with Crippen molar-refractivity contribution < 1.29 is 22.8 Å². The van der Waals surface area contributed by atoms with E-state index in [4.69, 9.17) is 5.73 Å². The Morgan fingerprint density at radius 1 is 1.11 bits per heavy atom. The maximum Gasteiger partial charge on any atom is 0.416 e. The van der Waals surface area contributed by atoms with E-state index in [1.54, 1.807) is 4.90 Å². The molecule has 0 radical (unpaired) electrons. The lowest BCUT2D eigenvalue weighted by Crippen LogP contribution is -2.36. The molecule has 2 N–H and O–H groups in total. The minimum absolute atomic E-state index is 0.187. The standard InChI is InChI=1S/C25H31F3N6O2/c1-31(12-16-6-20(25(26,27)28)10-22(7-16)32-4-2-3-5-32)21-8-17-13-33(14-18(17)9-21)24(36)34-15-19(11-30-34)23(29)35/h6-7,10-11,15,17-18,21H,2-5,8-9,12-14H2,1H3,(H2,29,35)/t17-,18+,21+. The second-order valence-corrected chi connectivity index (χ2v) is 10.4. The summed E-state index contributed by atoms with van der Waals surface area (Å²) in [6, 6.07) is 4.41. The van der Waals surface area contributed by atoms with Crippen LogP contribution in [0.15, 0.2) is 30.6 Å². The van der Waals surface area contributed by atoms with Crippen LogP contribution in [0, 0.1) is 11.8 Å². The van der Waals surface area contributed by atoms with Crippen LogP contribution in [-0.4, -0.2) is 70.8 Å². The first kappa shape index (κ1) is 24.6. The van der Waals surface area contributed by atoms with Crippen LogP contribution in [0.3, 0.4) is 0 Å². The highest BCUT2D eigenvalue weighted by atomic mass is 19.4. The van der Waals surface area contributed by atoms with Gasteiger partial charge in [0.15, 0.2) is 0 Å². The molecule has 1 aliphatic carbocycles. The summed E-state index contributed by atoms with van der Waals surface area (Å²) >= 11 is 0. The van der Waals surface area contributed by atoms with Gasteiger partial charge in [-0.25, -0.2) is 4.79 Å². The van der Waals surface area contributed by atoms with Crippen LogP contribution in [0.4, 0.5) is 23.7 Å². The first-order valence-electron chi connectivity index (χ1n) is 12.4. The maximum atomic E-state index is 13.6. The molecule has 2 aliphatic heterocycles. The van der Waals surface area contributed by atoms with Gasteiger partial charge in [0.25, 0.3) is 5.91 Å². The average molecular weight is 505 g/mol. The molecule has 36 heavy (non-hydrogen) atoms. The number of alkyl halides is 3. The van der Waals surface area contributed by atoms with Gasteiger partial charge in [-0.2, -0.15) is 23.0 Å². The minimum atomic E-state index is -4.38. The summed E-state index contributed by atoms with van der Waals surface area (Å²) in [6.07, 6.45) is 2.02. The van der Waals surface area contributed by atoms with E-state index in [1.807, 2.05) is 18.0 Å². The number of hydrogen-bond acceptors (Lipinski definition) is 5. The van der Waals surface area contributed by atoms with Gasteiger partial charge in [0.1, 0.15) is 0 Å². The van der Waals surface area contributed by atoms with E-state index in [-0.39, 0.29) is 17.6 Å². The quantitative estimate of drug-likeness (QED) is 0.675. The molecule has 0 bridgehead atoms. The SMILES string of the molecule is CN(Cc1cc(N2CCCC2)cc(C(F)(F)F)c1)[C@H]1C[C@@H]2CN(C(=O)n3cc(C(N)=O)cn3)C[C@@H]2C1. The number of aromatic nitrogens is 2. The number of fused-ring (bicyclic) bond motifs is 1. The Labute approximate surface area is 207 Å². The van der Waals surface area contributed by atoms with Crippen LogP contribution in [0.25, 0.3) is 0 Å². The van der Waals surface area contributed by atoms with E-state index in [1.165, 1.54) is 24.5 Å². The van der Waals surface area contributed by atoms with Gasteiger partial charge in [0, 0.05) is 50.6 Å². The van der Waals surface area contributed by atoms with Gasteiger partial charge in [-0.1, -0.05) is 0 Å². The van der Waals surface area contributed by atoms with Gasteiger partial charge >= 0.3 is 12.2 Å². The number of nitrogens with zero attached hydrogens (tertiary/aromatic N) is 5. The third-order valence-corrected chi connectivity index (χ3v) is 7.89. The first-order chi connectivity index (χ1) is 17.1. The Balaban J connectivity index is 1.22. The number of benzene rings is 1. The molecule has 1 aromatic heterocycles. The largest absolute Gasteiger partial charge is 0.416 e. The lowest BCUT2D eigenvalue weighted by molar-refractivity contribution is -0.137. The predicted octanol–water partition coefficient (Wildman–Crippen LogP) is 3.41. The van der Waals surface area contributed by atoms with Crippen molar-refractivity contribution in [1.29, 1.82) is 0 Å². The number of carbonyl (C=O) groups is 2. The summed E-state index contributed by atoms with van der Waals surface area (Å²) in [7, 11) is 1.97.